The van der Waals surface area contributed by atoms with E-state index in [2.05, 4.69) is 16.3 Å². The number of piperidine rings is 1. The van der Waals surface area contributed by atoms with Crippen molar-refractivity contribution in [2.45, 2.75) is 44.8 Å². The van der Waals surface area contributed by atoms with Crippen LogP contribution in [0, 0.1) is 5.92 Å². The lowest BCUT2D eigenvalue weighted by molar-refractivity contribution is 0.0965. The molecule has 0 radical (unpaired) electrons. The van der Waals surface area contributed by atoms with Crippen molar-refractivity contribution in [1.82, 2.24) is 10.2 Å². The summed E-state index contributed by atoms with van der Waals surface area (Å²) in [6.07, 6.45) is 6.98. The van der Waals surface area contributed by atoms with Crippen LogP contribution in [0.15, 0.2) is 16.7 Å². The van der Waals surface area contributed by atoms with Gasteiger partial charge in [0.25, 0.3) is 0 Å². The number of rotatable bonds is 7. The van der Waals surface area contributed by atoms with Gasteiger partial charge in [-0.15, -0.1) is 0 Å². The van der Waals surface area contributed by atoms with E-state index in [0.717, 1.165) is 37.4 Å². The van der Waals surface area contributed by atoms with Crippen LogP contribution in [-0.4, -0.2) is 37.7 Å². The minimum Gasteiger partial charge on any atom is -0.468 e. The normalized spacial score (nSPS) is 21.4. The van der Waals surface area contributed by atoms with Gasteiger partial charge in [0.2, 0.25) is 0 Å². The van der Waals surface area contributed by atoms with Crippen molar-refractivity contribution < 1.29 is 9.15 Å². The van der Waals surface area contributed by atoms with Crippen molar-refractivity contribution in [2.24, 2.45) is 5.92 Å². The first-order valence-electron chi connectivity index (χ1n) is 7.85. The second kappa shape index (κ2) is 6.74. The van der Waals surface area contributed by atoms with Gasteiger partial charge >= 0.3 is 0 Å². The van der Waals surface area contributed by atoms with E-state index in [-0.39, 0.29) is 0 Å². The molecule has 1 saturated carbocycles. The lowest BCUT2D eigenvalue weighted by atomic mass is 9.97. The van der Waals surface area contributed by atoms with Crippen LogP contribution in [0.25, 0.3) is 0 Å². The van der Waals surface area contributed by atoms with E-state index in [4.69, 9.17) is 9.15 Å². The highest BCUT2D eigenvalue weighted by atomic mass is 16.5. The number of likely N-dealkylation sites (tertiary alicyclic amines) is 1. The SMILES string of the molecule is COCC1CCN(Cc2ccoc2CNC2CC2)CC1. The molecule has 3 rings (SSSR count). The number of hydrogen-bond donors (Lipinski definition) is 1. The Kier molecular flexibility index (Phi) is 4.76. The fourth-order valence-corrected chi connectivity index (χ4v) is 2.98. The predicted molar refractivity (Wildman–Crippen MR) is 78.4 cm³/mol. The average Bonchev–Trinajstić information content (AvgIpc) is 3.19. The van der Waals surface area contributed by atoms with Gasteiger partial charge in [-0.1, -0.05) is 0 Å². The Labute approximate surface area is 121 Å². The number of ether oxygens (including phenoxy) is 1. The van der Waals surface area contributed by atoms with E-state index < -0.39 is 0 Å². The second-order valence-corrected chi connectivity index (χ2v) is 6.20. The van der Waals surface area contributed by atoms with Gasteiger partial charge in [-0.05, 0) is 50.8 Å². The summed E-state index contributed by atoms with van der Waals surface area (Å²) in [6, 6.07) is 2.86. The highest BCUT2D eigenvalue weighted by molar-refractivity contribution is 5.17. The van der Waals surface area contributed by atoms with Gasteiger partial charge in [0.15, 0.2) is 0 Å². The summed E-state index contributed by atoms with van der Waals surface area (Å²) in [5, 5.41) is 3.53. The van der Waals surface area contributed by atoms with E-state index in [1.165, 1.54) is 44.3 Å². The third kappa shape index (κ3) is 3.84. The van der Waals surface area contributed by atoms with Gasteiger partial charge in [-0.3, -0.25) is 4.90 Å². The molecule has 1 saturated heterocycles. The van der Waals surface area contributed by atoms with E-state index in [1.54, 1.807) is 7.11 Å². The van der Waals surface area contributed by atoms with E-state index in [1.807, 2.05) is 6.26 Å². The number of nitrogens with one attached hydrogen (secondary N) is 1. The molecule has 4 nitrogen and oxygen atoms in total. The minimum absolute atomic E-state index is 0.734. The summed E-state index contributed by atoms with van der Waals surface area (Å²) in [7, 11) is 1.80. The Bertz CT molecular complexity index is 406. The zero-order valence-corrected chi connectivity index (χ0v) is 12.4. The highest BCUT2D eigenvalue weighted by Crippen LogP contribution is 2.23. The van der Waals surface area contributed by atoms with E-state index in [9.17, 15) is 0 Å². The number of nitrogens with zero attached hydrogens (tertiary/aromatic N) is 1. The Hall–Kier alpha value is -0.840. The smallest absolute Gasteiger partial charge is 0.122 e. The summed E-state index contributed by atoms with van der Waals surface area (Å²) in [6.45, 7) is 5.17. The molecule has 1 aromatic heterocycles. The molecule has 4 heteroatoms. The molecule has 0 aromatic carbocycles. The molecular weight excluding hydrogens is 252 g/mol. The van der Waals surface area contributed by atoms with Gasteiger partial charge in [0, 0.05) is 31.9 Å². The summed E-state index contributed by atoms with van der Waals surface area (Å²) in [5.41, 5.74) is 1.35. The van der Waals surface area contributed by atoms with Crippen LogP contribution in [0.3, 0.4) is 0 Å². The molecule has 112 valence electrons. The topological polar surface area (TPSA) is 37.6 Å². The quantitative estimate of drug-likeness (QED) is 0.831. The zero-order valence-electron chi connectivity index (χ0n) is 12.4. The van der Waals surface area contributed by atoms with Crippen molar-refractivity contribution in [3.05, 3.63) is 23.7 Å². The highest BCUT2D eigenvalue weighted by Gasteiger charge is 2.23. The first-order chi connectivity index (χ1) is 9.85. The minimum atomic E-state index is 0.734. The van der Waals surface area contributed by atoms with Crippen LogP contribution in [0.1, 0.15) is 37.0 Å². The molecule has 1 aliphatic heterocycles. The molecular formula is C16H26N2O2. The number of hydrogen-bond acceptors (Lipinski definition) is 4. The fraction of sp³-hybridized carbons (Fsp3) is 0.750. The summed E-state index contributed by atoms with van der Waals surface area (Å²) >= 11 is 0. The molecule has 1 N–H and O–H groups in total. The lowest BCUT2D eigenvalue weighted by Gasteiger charge is -2.31. The van der Waals surface area contributed by atoms with E-state index in [0.29, 0.717) is 0 Å². The van der Waals surface area contributed by atoms with Crippen LogP contribution in [0.4, 0.5) is 0 Å². The van der Waals surface area contributed by atoms with Crippen molar-refractivity contribution in [3.8, 4) is 0 Å². The van der Waals surface area contributed by atoms with Crippen molar-refractivity contribution in [2.75, 3.05) is 26.8 Å². The molecule has 2 aliphatic rings. The third-order valence-electron chi connectivity index (χ3n) is 4.47. The Morgan fingerprint density at radius 2 is 2.10 bits per heavy atom. The lowest BCUT2D eigenvalue weighted by Crippen LogP contribution is -2.34. The van der Waals surface area contributed by atoms with Crippen molar-refractivity contribution >= 4 is 0 Å². The van der Waals surface area contributed by atoms with Gasteiger partial charge in [-0.25, -0.2) is 0 Å². The number of methoxy groups -OCH3 is 1. The largest absolute Gasteiger partial charge is 0.468 e. The molecule has 0 atom stereocenters. The Balaban J connectivity index is 1.46. The molecule has 20 heavy (non-hydrogen) atoms. The van der Waals surface area contributed by atoms with E-state index >= 15 is 0 Å². The maximum absolute atomic E-state index is 5.63. The molecule has 2 heterocycles. The molecule has 0 amide bonds. The molecule has 0 spiro atoms. The molecule has 1 aliphatic carbocycles. The second-order valence-electron chi connectivity index (χ2n) is 6.20. The average molecular weight is 278 g/mol. The predicted octanol–water partition coefficient (Wildman–Crippen LogP) is 2.39. The monoisotopic (exact) mass is 278 g/mol. The van der Waals surface area contributed by atoms with Crippen molar-refractivity contribution in [3.63, 3.8) is 0 Å². The van der Waals surface area contributed by atoms with Crippen LogP contribution >= 0.6 is 0 Å². The van der Waals surface area contributed by atoms with Crippen LogP contribution < -0.4 is 5.32 Å². The van der Waals surface area contributed by atoms with Crippen LogP contribution in [-0.2, 0) is 17.8 Å². The summed E-state index contributed by atoms with van der Waals surface area (Å²) < 4.78 is 10.9. The Morgan fingerprint density at radius 1 is 1.30 bits per heavy atom. The van der Waals surface area contributed by atoms with Gasteiger partial charge in [-0.2, -0.15) is 0 Å². The molecule has 2 fully saturated rings. The van der Waals surface area contributed by atoms with Gasteiger partial charge in [0.05, 0.1) is 12.8 Å². The molecule has 1 aromatic rings. The molecule has 0 bridgehead atoms. The van der Waals surface area contributed by atoms with Gasteiger partial charge in [0.1, 0.15) is 5.76 Å². The molecule has 0 unspecified atom stereocenters. The number of furan rings is 1. The Morgan fingerprint density at radius 3 is 2.80 bits per heavy atom. The summed E-state index contributed by atoms with van der Waals surface area (Å²) in [4.78, 5) is 2.54. The van der Waals surface area contributed by atoms with Crippen LogP contribution in [0.5, 0.6) is 0 Å². The maximum atomic E-state index is 5.63. The third-order valence-corrected chi connectivity index (χ3v) is 4.47. The first kappa shape index (κ1) is 14.1. The maximum Gasteiger partial charge on any atom is 0.122 e. The summed E-state index contributed by atoms with van der Waals surface area (Å²) in [5.74, 6) is 1.87. The standard InChI is InChI=1S/C16H26N2O2/c1-19-12-13-4-7-18(8-5-13)11-14-6-9-20-16(14)10-17-15-2-3-15/h6,9,13,15,17H,2-5,7-8,10-12H2,1H3. The zero-order chi connectivity index (χ0) is 13.8. The van der Waals surface area contributed by atoms with Crippen molar-refractivity contribution in [1.29, 1.82) is 0 Å². The first-order valence-corrected chi connectivity index (χ1v) is 7.85. The van der Waals surface area contributed by atoms with Crippen LogP contribution in [0.2, 0.25) is 0 Å². The van der Waals surface area contributed by atoms with Gasteiger partial charge < -0.3 is 14.5 Å². The fourth-order valence-electron chi connectivity index (χ4n) is 2.98.